The lowest BCUT2D eigenvalue weighted by molar-refractivity contribution is -0.140. The highest BCUT2D eigenvalue weighted by Gasteiger charge is 2.29. The molecule has 0 aliphatic rings. The van der Waals surface area contributed by atoms with Gasteiger partial charge in [0.25, 0.3) is 0 Å². The number of amides is 2. The second-order valence-electron chi connectivity index (χ2n) is 4.67. The van der Waals surface area contributed by atoms with Crippen LogP contribution in [0.25, 0.3) is 0 Å². The van der Waals surface area contributed by atoms with Crippen molar-refractivity contribution in [3.63, 3.8) is 0 Å². The number of carbonyl (C=O) groups excluding carboxylic acids is 2. The Kier molecular flexibility index (Phi) is 6.19. The van der Waals surface area contributed by atoms with Crippen molar-refractivity contribution in [2.75, 3.05) is 0 Å². The van der Waals surface area contributed by atoms with Crippen LogP contribution >= 0.6 is 0 Å². The quantitative estimate of drug-likeness (QED) is 0.601. The van der Waals surface area contributed by atoms with E-state index in [0.717, 1.165) is 0 Å². The van der Waals surface area contributed by atoms with Crippen molar-refractivity contribution in [3.8, 4) is 5.75 Å². The summed E-state index contributed by atoms with van der Waals surface area (Å²) >= 11 is 0. The average molecular weight is 294 g/mol. The summed E-state index contributed by atoms with van der Waals surface area (Å²) in [6.07, 6.45) is -1.56. The molecular weight excluding hydrogens is 276 g/mol. The highest BCUT2D eigenvalue weighted by atomic mass is 16.5. The molecule has 0 radical (unpaired) electrons. The molecule has 0 unspecified atom stereocenters. The van der Waals surface area contributed by atoms with Crippen LogP contribution < -0.4 is 16.2 Å². The fourth-order valence-corrected chi connectivity index (χ4v) is 1.99. The highest BCUT2D eigenvalue weighted by Crippen LogP contribution is 2.23. The first-order valence-electron chi connectivity index (χ1n) is 6.38. The molecule has 1 aromatic carbocycles. The van der Waals surface area contributed by atoms with Crippen LogP contribution in [0.2, 0.25) is 0 Å². The van der Waals surface area contributed by atoms with Gasteiger partial charge in [-0.05, 0) is 12.1 Å². The molecule has 0 saturated heterocycles. The van der Waals surface area contributed by atoms with Crippen molar-refractivity contribution in [2.24, 2.45) is 17.4 Å². The van der Waals surface area contributed by atoms with E-state index in [1.165, 1.54) is 0 Å². The number of hydrogen-bond donors (Lipinski definition) is 3. The van der Waals surface area contributed by atoms with Gasteiger partial charge in [0.2, 0.25) is 11.8 Å². The maximum absolute atomic E-state index is 11.2. The molecule has 0 spiro atoms. The summed E-state index contributed by atoms with van der Waals surface area (Å²) < 4.78 is 5.62. The lowest BCUT2D eigenvalue weighted by Crippen LogP contribution is -2.36. The second kappa shape index (κ2) is 7.88. The van der Waals surface area contributed by atoms with Gasteiger partial charge in [0.05, 0.1) is 12.8 Å². The number of rotatable bonds is 9. The van der Waals surface area contributed by atoms with Gasteiger partial charge in [-0.25, -0.2) is 0 Å². The molecule has 114 valence electrons. The first-order valence-corrected chi connectivity index (χ1v) is 6.38. The van der Waals surface area contributed by atoms with Crippen molar-refractivity contribution >= 4 is 17.8 Å². The molecule has 21 heavy (non-hydrogen) atoms. The van der Waals surface area contributed by atoms with Crippen LogP contribution in [0, 0.1) is 5.92 Å². The minimum atomic E-state index is -1.10. The maximum atomic E-state index is 11.2. The average Bonchev–Trinajstić information content (AvgIpc) is 2.36. The van der Waals surface area contributed by atoms with Crippen molar-refractivity contribution in [1.82, 2.24) is 0 Å². The Morgan fingerprint density at radius 3 is 2.05 bits per heavy atom. The number of aliphatic carboxylic acids is 1. The van der Waals surface area contributed by atoms with Crippen molar-refractivity contribution < 1.29 is 24.2 Å². The molecule has 0 aliphatic carbocycles. The van der Waals surface area contributed by atoms with Crippen LogP contribution in [-0.2, 0) is 14.4 Å². The lowest BCUT2D eigenvalue weighted by atomic mass is 9.92. The molecule has 5 N–H and O–H groups in total. The number of benzene rings is 1. The number of carboxylic acids is 1. The van der Waals surface area contributed by atoms with E-state index in [4.69, 9.17) is 21.3 Å². The largest absolute Gasteiger partial charge is 0.490 e. The highest BCUT2D eigenvalue weighted by molar-refractivity contribution is 5.77. The van der Waals surface area contributed by atoms with E-state index in [9.17, 15) is 14.4 Å². The zero-order valence-electron chi connectivity index (χ0n) is 11.4. The zero-order valence-corrected chi connectivity index (χ0v) is 11.4. The Labute approximate surface area is 121 Å². The van der Waals surface area contributed by atoms with E-state index in [2.05, 4.69) is 0 Å². The Bertz CT molecular complexity index is 487. The van der Waals surface area contributed by atoms with Gasteiger partial charge in [-0.15, -0.1) is 0 Å². The number of primary amides is 2. The molecule has 1 aromatic rings. The SMILES string of the molecule is NC(=O)C[C@@H](CC(=O)O)[C@@H](CC(N)=O)Oc1ccccc1. The van der Waals surface area contributed by atoms with E-state index >= 15 is 0 Å². The van der Waals surface area contributed by atoms with Crippen molar-refractivity contribution in [1.29, 1.82) is 0 Å². The van der Waals surface area contributed by atoms with Crippen LogP contribution in [0.4, 0.5) is 0 Å². The van der Waals surface area contributed by atoms with Gasteiger partial charge in [-0.2, -0.15) is 0 Å². The number of hydrogen-bond acceptors (Lipinski definition) is 4. The molecule has 0 aromatic heterocycles. The van der Waals surface area contributed by atoms with Crippen LogP contribution in [0.15, 0.2) is 30.3 Å². The Hall–Kier alpha value is -2.57. The van der Waals surface area contributed by atoms with Gasteiger partial charge < -0.3 is 21.3 Å². The number of para-hydroxylation sites is 1. The molecule has 7 heteroatoms. The normalized spacial score (nSPS) is 13.1. The second-order valence-corrected chi connectivity index (χ2v) is 4.67. The van der Waals surface area contributed by atoms with E-state index in [-0.39, 0.29) is 19.3 Å². The molecule has 7 nitrogen and oxygen atoms in total. The summed E-state index contributed by atoms with van der Waals surface area (Å²) in [5.41, 5.74) is 10.3. The number of nitrogens with two attached hydrogens (primary N) is 2. The van der Waals surface area contributed by atoms with Gasteiger partial charge in [-0.3, -0.25) is 14.4 Å². The summed E-state index contributed by atoms with van der Waals surface area (Å²) in [6.45, 7) is 0. The Morgan fingerprint density at radius 1 is 1.00 bits per heavy atom. The summed E-state index contributed by atoms with van der Waals surface area (Å²) in [5, 5.41) is 8.92. The third kappa shape index (κ3) is 6.42. The fourth-order valence-electron chi connectivity index (χ4n) is 1.99. The summed E-state index contributed by atoms with van der Waals surface area (Å²) in [5.74, 6) is -2.67. The van der Waals surface area contributed by atoms with Crippen LogP contribution in [0.5, 0.6) is 5.75 Å². The first-order chi connectivity index (χ1) is 9.88. The Morgan fingerprint density at radius 2 is 1.57 bits per heavy atom. The molecule has 0 fully saturated rings. The monoisotopic (exact) mass is 294 g/mol. The van der Waals surface area contributed by atoms with Crippen LogP contribution in [0.3, 0.4) is 0 Å². The summed E-state index contributed by atoms with van der Waals surface area (Å²) in [6, 6.07) is 8.58. The summed E-state index contributed by atoms with van der Waals surface area (Å²) in [4.78, 5) is 33.2. The molecule has 0 bridgehead atoms. The zero-order chi connectivity index (χ0) is 15.8. The Balaban J connectivity index is 2.92. The van der Waals surface area contributed by atoms with E-state index in [1.54, 1.807) is 30.3 Å². The third-order valence-electron chi connectivity index (χ3n) is 2.86. The number of ether oxygens (including phenoxy) is 1. The van der Waals surface area contributed by atoms with Gasteiger partial charge in [0.15, 0.2) is 0 Å². The minimum Gasteiger partial charge on any atom is -0.490 e. The molecule has 2 atom stereocenters. The van der Waals surface area contributed by atoms with Gasteiger partial charge in [-0.1, -0.05) is 18.2 Å². The van der Waals surface area contributed by atoms with Crippen LogP contribution in [0.1, 0.15) is 19.3 Å². The van der Waals surface area contributed by atoms with Crippen molar-refractivity contribution in [2.45, 2.75) is 25.4 Å². The first kappa shape index (κ1) is 16.5. The number of carboxylic acid groups (broad SMARTS) is 1. The standard InChI is InChI=1S/C14H18N2O5/c15-12(17)6-9(7-14(19)20)11(8-13(16)18)21-10-4-2-1-3-5-10/h1-5,9,11H,6-8H2,(H2,15,17)(H2,16,18)(H,19,20)/t9-,11+/m0/s1. The molecule has 1 rings (SSSR count). The minimum absolute atomic E-state index is 0.194. The lowest BCUT2D eigenvalue weighted by Gasteiger charge is -2.25. The predicted molar refractivity (Wildman–Crippen MR) is 74.2 cm³/mol. The molecule has 0 aliphatic heterocycles. The molecular formula is C14H18N2O5. The van der Waals surface area contributed by atoms with Gasteiger partial charge in [0.1, 0.15) is 11.9 Å². The van der Waals surface area contributed by atoms with Crippen LogP contribution in [-0.4, -0.2) is 29.0 Å². The van der Waals surface area contributed by atoms with E-state index in [1.807, 2.05) is 0 Å². The van der Waals surface area contributed by atoms with Gasteiger partial charge in [0, 0.05) is 12.3 Å². The molecule has 2 amide bonds. The fraction of sp³-hybridized carbons (Fsp3) is 0.357. The van der Waals surface area contributed by atoms with Gasteiger partial charge >= 0.3 is 5.97 Å². The maximum Gasteiger partial charge on any atom is 0.303 e. The molecule has 0 saturated carbocycles. The van der Waals surface area contributed by atoms with Crippen molar-refractivity contribution in [3.05, 3.63) is 30.3 Å². The smallest absolute Gasteiger partial charge is 0.303 e. The summed E-state index contributed by atoms with van der Waals surface area (Å²) in [7, 11) is 0. The van der Waals surface area contributed by atoms with E-state index < -0.39 is 29.8 Å². The number of carbonyl (C=O) groups is 3. The third-order valence-corrected chi connectivity index (χ3v) is 2.86. The topological polar surface area (TPSA) is 133 Å². The van der Waals surface area contributed by atoms with E-state index in [0.29, 0.717) is 5.75 Å². The predicted octanol–water partition coefficient (Wildman–Crippen LogP) is 0.276. The molecule has 0 heterocycles.